The van der Waals surface area contributed by atoms with Gasteiger partial charge in [0.1, 0.15) is 0 Å². The minimum atomic E-state index is 0.768. The summed E-state index contributed by atoms with van der Waals surface area (Å²) in [5, 5.41) is 0. The Kier molecular flexibility index (Phi) is 4.86. The lowest BCUT2D eigenvalue weighted by Crippen LogP contribution is -2.45. The summed E-state index contributed by atoms with van der Waals surface area (Å²) in [6, 6.07) is 16.2. The van der Waals surface area contributed by atoms with E-state index < -0.39 is 0 Å². The fraction of sp³-hybridized carbons (Fsp3) is 0.300. The number of aromatic nitrogens is 2. The highest BCUT2D eigenvalue weighted by Crippen LogP contribution is 2.20. The number of hydrogen-bond acceptors (Lipinski definition) is 5. The van der Waals surface area contributed by atoms with Gasteiger partial charge in [0.2, 0.25) is 5.89 Å². The van der Waals surface area contributed by atoms with Gasteiger partial charge >= 0.3 is 0 Å². The van der Waals surface area contributed by atoms with Crippen LogP contribution in [0.25, 0.3) is 11.3 Å². The first-order valence-electron chi connectivity index (χ1n) is 8.71. The van der Waals surface area contributed by atoms with Crippen molar-refractivity contribution in [2.45, 2.75) is 13.1 Å². The second-order valence-corrected chi connectivity index (χ2v) is 6.36. The molecule has 1 aromatic carbocycles. The summed E-state index contributed by atoms with van der Waals surface area (Å²) in [5.74, 6) is 1.63. The summed E-state index contributed by atoms with van der Waals surface area (Å²) < 4.78 is 5.92. The van der Waals surface area contributed by atoms with Crippen LogP contribution in [0.5, 0.6) is 0 Å². The molecule has 5 heteroatoms. The number of benzene rings is 1. The molecule has 0 unspecified atom stereocenters. The Labute approximate surface area is 147 Å². The van der Waals surface area contributed by atoms with E-state index in [1.165, 1.54) is 0 Å². The summed E-state index contributed by atoms with van der Waals surface area (Å²) in [4.78, 5) is 13.7. The fourth-order valence-electron chi connectivity index (χ4n) is 3.14. The molecule has 3 heterocycles. The van der Waals surface area contributed by atoms with Crippen LogP contribution in [0.3, 0.4) is 0 Å². The minimum absolute atomic E-state index is 0.768. The van der Waals surface area contributed by atoms with Crippen molar-refractivity contribution < 1.29 is 4.42 Å². The molecule has 0 spiro atoms. The Hall–Kier alpha value is -2.50. The number of hydrogen-bond donors (Lipinski definition) is 0. The first kappa shape index (κ1) is 16.0. The lowest BCUT2D eigenvalue weighted by Gasteiger charge is -2.33. The van der Waals surface area contributed by atoms with Gasteiger partial charge in [0.15, 0.2) is 5.76 Å². The van der Waals surface area contributed by atoms with Gasteiger partial charge in [-0.2, -0.15) is 0 Å². The highest BCUT2D eigenvalue weighted by Gasteiger charge is 2.19. The van der Waals surface area contributed by atoms with E-state index in [4.69, 9.17) is 4.42 Å². The van der Waals surface area contributed by atoms with Gasteiger partial charge < -0.3 is 4.42 Å². The Morgan fingerprint density at radius 3 is 2.24 bits per heavy atom. The molecule has 0 N–H and O–H groups in total. The lowest BCUT2D eigenvalue weighted by molar-refractivity contribution is 0.114. The Bertz CT molecular complexity index is 780. The number of nitrogens with zero attached hydrogens (tertiary/aromatic N) is 4. The van der Waals surface area contributed by atoms with Crippen LogP contribution in [0, 0.1) is 0 Å². The Balaban J connectivity index is 1.30. The standard InChI is InChI=1S/C20H22N4O/c1-2-6-17(7-3-1)19-14-22-20(25-19)16-24-12-10-23(11-13-24)15-18-8-4-5-9-21-18/h1-9,14H,10-13,15-16H2. The molecule has 1 aliphatic heterocycles. The average Bonchev–Trinajstić information content (AvgIpc) is 3.14. The monoisotopic (exact) mass is 334 g/mol. The van der Waals surface area contributed by atoms with E-state index in [-0.39, 0.29) is 0 Å². The van der Waals surface area contributed by atoms with Crippen LogP contribution in [0.4, 0.5) is 0 Å². The highest BCUT2D eigenvalue weighted by atomic mass is 16.4. The maximum absolute atomic E-state index is 5.92. The van der Waals surface area contributed by atoms with Crippen LogP contribution in [-0.4, -0.2) is 45.9 Å². The second-order valence-electron chi connectivity index (χ2n) is 6.36. The maximum Gasteiger partial charge on any atom is 0.209 e. The van der Waals surface area contributed by atoms with Gasteiger partial charge in [-0.05, 0) is 12.1 Å². The van der Waals surface area contributed by atoms with Crippen molar-refractivity contribution in [3.63, 3.8) is 0 Å². The quantitative estimate of drug-likeness (QED) is 0.717. The molecular weight excluding hydrogens is 312 g/mol. The first-order chi connectivity index (χ1) is 12.4. The summed E-state index contributed by atoms with van der Waals surface area (Å²) in [7, 11) is 0. The molecule has 0 saturated carbocycles. The molecule has 0 atom stereocenters. The van der Waals surface area contributed by atoms with E-state index in [1.54, 1.807) is 0 Å². The zero-order valence-electron chi connectivity index (χ0n) is 14.2. The zero-order chi connectivity index (χ0) is 16.9. The number of rotatable bonds is 5. The third-order valence-electron chi connectivity index (χ3n) is 4.55. The van der Waals surface area contributed by atoms with Crippen LogP contribution in [0.15, 0.2) is 65.3 Å². The number of piperazine rings is 1. The van der Waals surface area contributed by atoms with Crippen LogP contribution >= 0.6 is 0 Å². The predicted molar refractivity (Wildman–Crippen MR) is 96.7 cm³/mol. The summed E-state index contributed by atoms with van der Waals surface area (Å²) in [5.41, 5.74) is 2.21. The third-order valence-corrected chi connectivity index (χ3v) is 4.55. The number of pyridine rings is 1. The summed E-state index contributed by atoms with van der Waals surface area (Å²) >= 11 is 0. The SMILES string of the molecule is c1ccc(-c2cnc(CN3CCN(Cc4ccccn4)CC3)o2)cc1. The molecule has 1 aliphatic rings. The molecule has 5 nitrogen and oxygen atoms in total. The summed E-state index contributed by atoms with van der Waals surface area (Å²) in [6.45, 7) is 5.83. The van der Waals surface area contributed by atoms with Gasteiger partial charge in [-0.3, -0.25) is 14.8 Å². The normalized spacial score (nSPS) is 16.2. The van der Waals surface area contributed by atoms with Crippen molar-refractivity contribution in [1.82, 2.24) is 19.8 Å². The summed E-state index contributed by atoms with van der Waals surface area (Å²) in [6.07, 6.45) is 3.68. The van der Waals surface area contributed by atoms with Crippen LogP contribution < -0.4 is 0 Å². The van der Waals surface area contributed by atoms with Crippen molar-refractivity contribution >= 4 is 0 Å². The largest absolute Gasteiger partial charge is 0.439 e. The molecular formula is C20H22N4O. The molecule has 3 aromatic rings. The molecule has 2 aromatic heterocycles. The van der Waals surface area contributed by atoms with Crippen LogP contribution in [-0.2, 0) is 13.1 Å². The number of oxazole rings is 1. The van der Waals surface area contributed by atoms with Crippen molar-refractivity contribution in [2.75, 3.05) is 26.2 Å². The first-order valence-corrected chi connectivity index (χ1v) is 8.71. The van der Waals surface area contributed by atoms with Crippen molar-refractivity contribution in [1.29, 1.82) is 0 Å². The van der Waals surface area contributed by atoms with Gasteiger partial charge in [0.05, 0.1) is 18.4 Å². The zero-order valence-corrected chi connectivity index (χ0v) is 14.2. The van der Waals surface area contributed by atoms with Gasteiger partial charge in [0, 0.05) is 44.5 Å². The maximum atomic E-state index is 5.92. The van der Waals surface area contributed by atoms with E-state index in [0.29, 0.717) is 0 Å². The fourth-order valence-corrected chi connectivity index (χ4v) is 3.14. The Morgan fingerprint density at radius 1 is 0.800 bits per heavy atom. The van der Waals surface area contributed by atoms with Crippen molar-refractivity contribution in [3.05, 3.63) is 72.5 Å². The van der Waals surface area contributed by atoms with E-state index in [9.17, 15) is 0 Å². The highest BCUT2D eigenvalue weighted by molar-refractivity contribution is 5.55. The van der Waals surface area contributed by atoms with Crippen molar-refractivity contribution in [3.8, 4) is 11.3 Å². The third kappa shape index (κ3) is 4.13. The molecule has 0 bridgehead atoms. The molecule has 0 radical (unpaired) electrons. The average molecular weight is 334 g/mol. The Morgan fingerprint density at radius 2 is 1.52 bits per heavy atom. The minimum Gasteiger partial charge on any atom is -0.439 e. The van der Waals surface area contributed by atoms with Gasteiger partial charge in [-0.25, -0.2) is 4.98 Å². The topological polar surface area (TPSA) is 45.4 Å². The molecule has 0 amide bonds. The molecule has 25 heavy (non-hydrogen) atoms. The molecule has 128 valence electrons. The molecule has 0 aliphatic carbocycles. The van der Waals surface area contributed by atoms with E-state index in [2.05, 4.69) is 25.8 Å². The lowest BCUT2D eigenvalue weighted by atomic mass is 10.2. The van der Waals surface area contributed by atoms with Crippen LogP contribution in [0.1, 0.15) is 11.6 Å². The second kappa shape index (κ2) is 7.59. The van der Waals surface area contributed by atoms with E-state index >= 15 is 0 Å². The van der Waals surface area contributed by atoms with Gasteiger partial charge in [-0.1, -0.05) is 36.4 Å². The van der Waals surface area contributed by atoms with E-state index in [1.807, 2.05) is 54.9 Å². The van der Waals surface area contributed by atoms with E-state index in [0.717, 1.165) is 62.2 Å². The van der Waals surface area contributed by atoms with Gasteiger partial charge in [0.25, 0.3) is 0 Å². The smallest absolute Gasteiger partial charge is 0.209 e. The molecule has 4 rings (SSSR count). The van der Waals surface area contributed by atoms with Crippen molar-refractivity contribution in [2.24, 2.45) is 0 Å². The van der Waals surface area contributed by atoms with Gasteiger partial charge in [-0.15, -0.1) is 0 Å². The molecule has 1 fully saturated rings. The van der Waals surface area contributed by atoms with Crippen LogP contribution in [0.2, 0.25) is 0 Å². The predicted octanol–water partition coefficient (Wildman–Crippen LogP) is 3.05. The molecule has 1 saturated heterocycles.